The van der Waals surface area contributed by atoms with E-state index < -0.39 is 17.8 Å². The van der Waals surface area contributed by atoms with E-state index in [0.29, 0.717) is 42.6 Å². The number of hydrogen-bond acceptors (Lipinski definition) is 6. The Kier molecular flexibility index (Phi) is 5.99. The van der Waals surface area contributed by atoms with Crippen molar-refractivity contribution in [3.8, 4) is 17.2 Å². The molecule has 0 aliphatic carbocycles. The van der Waals surface area contributed by atoms with E-state index in [-0.39, 0.29) is 5.57 Å². The molecule has 1 aliphatic heterocycles. The average molecular weight is 348 g/mol. The van der Waals surface area contributed by atoms with Crippen LogP contribution in [0.4, 0.5) is 4.79 Å². The zero-order chi connectivity index (χ0) is 18.4. The number of carbonyl (C=O) groups excluding carboxylic acids is 3. The molecule has 1 aliphatic rings. The van der Waals surface area contributed by atoms with Gasteiger partial charge in [0.05, 0.1) is 25.4 Å². The van der Waals surface area contributed by atoms with E-state index in [0.717, 1.165) is 0 Å². The van der Waals surface area contributed by atoms with Gasteiger partial charge in [-0.05, 0) is 26.8 Å². The van der Waals surface area contributed by atoms with E-state index in [1.807, 2.05) is 31.4 Å². The van der Waals surface area contributed by atoms with Crippen LogP contribution >= 0.6 is 0 Å². The number of urea groups is 1. The van der Waals surface area contributed by atoms with Gasteiger partial charge in [0, 0.05) is 12.1 Å². The van der Waals surface area contributed by atoms with Gasteiger partial charge < -0.3 is 14.2 Å². The molecule has 1 fully saturated rings. The molecule has 4 amide bonds. The molecule has 134 valence electrons. The van der Waals surface area contributed by atoms with Crippen LogP contribution in [0.2, 0.25) is 0 Å². The summed E-state index contributed by atoms with van der Waals surface area (Å²) in [6.07, 6.45) is 1.34. The summed E-state index contributed by atoms with van der Waals surface area (Å²) in [7, 11) is 0. The van der Waals surface area contributed by atoms with Crippen molar-refractivity contribution in [1.82, 2.24) is 10.6 Å². The second-order valence-corrected chi connectivity index (χ2v) is 4.93. The molecule has 0 atom stereocenters. The molecule has 0 unspecified atom stereocenters. The highest BCUT2D eigenvalue weighted by molar-refractivity contribution is 6.31. The summed E-state index contributed by atoms with van der Waals surface area (Å²) in [5.74, 6) is -0.215. The number of ether oxygens (including phenoxy) is 3. The average Bonchev–Trinajstić information content (AvgIpc) is 2.53. The number of hydrogen-bond donors (Lipinski definition) is 2. The fraction of sp³-hybridized carbons (Fsp3) is 0.353. The first-order chi connectivity index (χ1) is 12.0. The van der Waals surface area contributed by atoms with Crippen LogP contribution < -0.4 is 24.8 Å². The first kappa shape index (κ1) is 18.3. The fourth-order valence-electron chi connectivity index (χ4n) is 2.27. The highest BCUT2D eigenvalue weighted by atomic mass is 16.5. The summed E-state index contributed by atoms with van der Waals surface area (Å²) in [5, 5.41) is 4.06. The molecule has 0 saturated carbocycles. The van der Waals surface area contributed by atoms with Crippen LogP contribution in [0, 0.1) is 0 Å². The summed E-state index contributed by atoms with van der Waals surface area (Å²) < 4.78 is 16.7. The van der Waals surface area contributed by atoms with Crippen LogP contribution in [-0.4, -0.2) is 37.7 Å². The van der Waals surface area contributed by atoms with Gasteiger partial charge in [0.15, 0.2) is 0 Å². The molecule has 2 rings (SSSR count). The minimum absolute atomic E-state index is 0.217. The number of benzene rings is 1. The maximum absolute atomic E-state index is 12.0. The number of amides is 4. The molecule has 0 aromatic heterocycles. The summed E-state index contributed by atoms with van der Waals surface area (Å²) in [4.78, 5) is 35.1. The fourth-order valence-corrected chi connectivity index (χ4v) is 2.27. The van der Waals surface area contributed by atoms with Crippen LogP contribution in [0.5, 0.6) is 17.2 Å². The molecular formula is C17H20N2O6. The molecule has 1 heterocycles. The van der Waals surface area contributed by atoms with Gasteiger partial charge in [-0.15, -0.1) is 0 Å². The van der Waals surface area contributed by atoms with Gasteiger partial charge in [-0.25, -0.2) is 4.79 Å². The Balaban J connectivity index is 2.56. The SMILES string of the molecule is CCOc1cc(OCC)c(C=C2C(=O)NC(=O)NC2=O)c(OCC)c1. The number of rotatable bonds is 7. The molecular weight excluding hydrogens is 328 g/mol. The molecule has 8 nitrogen and oxygen atoms in total. The Hall–Kier alpha value is -3.03. The van der Waals surface area contributed by atoms with Crippen LogP contribution in [0.1, 0.15) is 26.3 Å². The van der Waals surface area contributed by atoms with Gasteiger partial charge >= 0.3 is 6.03 Å². The number of carbonyl (C=O) groups is 3. The van der Waals surface area contributed by atoms with Crippen LogP contribution in [0.3, 0.4) is 0 Å². The van der Waals surface area contributed by atoms with E-state index in [1.165, 1.54) is 6.08 Å². The van der Waals surface area contributed by atoms with Gasteiger partial charge in [0.1, 0.15) is 22.8 Å². The van der Waals surface area contributed by atoms with Gasteiger partial charge in [0.25, 0.3) is 11.8 Å². The van der Waals surface area contributed by atoms with Crippen molar-refractivity contribution in [1.29, 1.82) is 0 Å². The van der Waals surface area contributed by atoms with Crippen molar-refractivity contribution < 1.29 is 28.6 Å². The van der Waals surface area contributed by atoms with Gasteiger partial charge in [-0.2, -0.15) is 0 Å². The Morgan fingerprint density at radius 3 is 1.76 bits per heavy atom. The molecule has 25 heavy (non-hydrogen) atoms. The number of imide groups is 2. The molecule has 1 saturated heterocycles. The standard InChI is InChI=1S/C17H20N2O6/c1-4-23-10-7-13(24-5-2)11(14(8-10)25-6-3)9-12-15(20)18-17(22)19-16(12)21/h7-9H,4-6H2,1-3H3,(H2,18,19,20,21,22). The minimum atomic E-state index is -0.853. The summed E-state index contributed by atoms with van der Waals surface area (Å²) in [6.45, 7) is 6.67. The molecule has 8 heteroatoms. The lowest BCUT2D eigenvalue weighted by Crippen LogP contribution is -2.51. The van der Waals surface area contributed by atoms with E-state index in [2.05, 4.69) is 0 Å². The van der Waals surface area contributed by atoms with Crippen molar-refractivity contribution in [3.63, 3.8) is 0 Å². The lowest BCUT2D eigenvalue weighted by atomic mass is 10.1. The second-order valence-electron chi connectivity index (χ2n) is 4.93. The van der Waals surface area contributed by atoms with Crippen molar-refractivity contribution in [2.45, 2.75) is 20.8 Å². The Morgan fingerprint density at radius 2 is 1.32 bits per heavy atom. The highest BCUT2D eigenvalue weighted by Crippen LogP contribution is 2.36. The Labute approximate surface area is 145 Å². The van der Waals surface area contributed by atoms with Crippen LogP contribution in [0.25, 0.3) is 6.08 Å². The van der Waals surface area contributed by atoms with E-state index in [9.17, 15) is 14.4 Å². The molecule has 1 aromatic carbocycles. The lowest BCUT2D eigenvalue weighted by Gasteiger charge is -2.18. The summed E-state index contributed by atoms with van der Waals surface area (Å²) in [6, 6.07) is 2.46. The number of nitrogens with one attached hydrogen (secondary N) is 2. The smallest absolute Gasteiger partial charge is 0.328 e. The van der Waals surface area contributed by atoms with Gasteiger partial charge in [0.2, 0.25) is 0 Å². The molecule has 1 aromatic rings. The first-order valence-electron chi connectivity index (χ1n) is 7.94. The Bertz CT molecular complexity index is 677. The third kappa shape index (κ3) is 4.28. The maximum atomic E-state index is 12.0. The van der Waals surface area contributed by atoms with Crippen LogP contribution in [-0.2, 0) is 9.59 Å². The minimum Gasteiger partial charge on any atom is -0.494 e. The monoisotopic (exact) mass is 348 g/mol. The zero-order valence-corrected chi connectivity index (χ0v) is 14.3. The quantitative estimate of drug-likeness (QED) is 0.573. The topological polar surface area (TPSA) is 103 Å². The van der Waals surface area contributed by atoms with E-state index >= 15 is 0 Å². The second kappa shape index (κ2) is 8.18. The normalized spacial score (nSPS) is 13.9. The predicted octanol–water partition coefficient (Wildman–Crippen LogP) is 1.63. The van der Waals surface area contributed by atoms with Crippen molar-refractivity contribution in [3.05, 3.63) is 23.3 Å². The molecule has 0 bridgehead atoms. The van der Waals surface area contributed by atoms with Crippen molar-refractivity contribution >= 4 is 23.9 Å². The molecule has 0 spiro atoms. The third-order valence-corrected chi connectivity index (χ3v) is 3.22. The van der Waals surface area contributed by atoms with Gasteiger partial charge in [-0.3, -0.25) is 20.2 Å². The highest BCUT2D eigenvalue weighted by Gasteiger charge is 2.29. The van der Waals surface area contributed by atoms with Gasteiger partial charge in [-0.1, -0.05) is 0 Å². The predicted molar refractivity (Wildman–Crippen MR) is 89.6 cm³/mol. The van der Waals surface area contributed by atoms with Crippen LogP contribution in [0.15, 0.2) is 17.7 Å². The zero-order valence-electron chi connectivity index (χ0n) is 14.3. The lowest BCUT2D eigenvalue weighted by molar-refractivity contribution is -0.123. The summed E-state index contributed by atoms with van der Waals surface area (Å²) in [5.41, 5.74) is 0.201. The van der Waals surface area contributed by atoms with Crippen molar-refractivity contribution in [2.75, 3.05) is 19.8 Å². The molecule has 2 N–H and O–H groups in total. The third-order valence-electron chi connectivity index (χ3n) is 3.22. The Morgan fingerprint density at radius 1 is 0.840 bits per heavy atom. The van der Waals surface area contributed by atoms with E-state index in [1.54, 1.807) is 12.1 Å². The van der Waals surface area contributed by atoms with E-state index in [4.69, 9.17) is 14.2 Å². The first-order valence-corrected chi connectivity index (χ1v) is 7.94. The maximum Gasteiger partial charge on any atom is 0.328 e. The largest absolute Gasteiger partial charge is 0.494 e. The summed E-state index contributed by atoms with van der Waals surface area (Å²) >= 11 is 0. The molecule has 0 radical (unpaired) electrons. The van der Waals surface area contributed by atoms with Crippen molar-refractivity contribution in [2.24, 2.45) is 0 Å². The number of barbiturate groups is 1.